The molecule has 1 atom stereocenters. The fraction of sp³-hybridized carbons (Fsp3) is 0.200. The minimum atomic E-state index is -2.04. The van der Waals surface area contributed by atoms with Crippen LogP contribution in [0.25, 0.3) is 22.3 Å². The van der Waals surface area contributed by atoms with Crippen LogP contribution in [-0.4, -0.2) is 36.4 Å². The van der Waals surface area contributed by atoms with E-state index in [9.17, 15) is 9.18 Å². The number of nitrogens with one attached hydrogen (secondary N) is 1. The van der Waals surface area contributed by atoms with Gasteiger partial charge in [-0.05, 0) is 12.1 Å². The number of carbonyl (C=O) groups excluding carboxylic acids is 1. The lowest BCUT2D eigenvalue weighted by Gasteiger charge is -2.14. The zero-order valence-corrected chi connectivity index (χ0v) is 12.6. The molecule has 0 aromatic carbocycles. The van der Waals surface area contributed by atoms with Gasteiger partial charge in [0.05, 0.1) is 24.5 Å². The van der Waals surface area contributed by atoms with Gasteiger partial charge in [-0.25, -0.2) is 19.3 Å². The molecule has 0 bridgehead atoms. The van der Waals surface area contributed by atoms with E-state index in [1.165, 1.54) is 11.2 Å². The fourth-order valence-electron chi connectivity index (χ4n) is 2.87. The SMILES string of the molecule is O=C(C(F)Cl)N1Cc2ncnc(-c3ccnc4[nH]ccc34)c2C1. The molecule has 4 heterocycles. The van der Waals surface area contributed by atoms with Gasteiger partial charge < -0.3 is 9.88 Å². The molecule has 6 nitrogen and oxygen atoms in total. The molecule has 116 valence electrons. The molecule has 0 saturated heterocycles. The van der Waals surface area contributed by atoms with Crippen molar-refractivity contribution in [2.45, 2.75) is 18.7 Å². The number of aromatic nitrogens is 4. The van der Waals surface area contributed by atoms with E-state index in [0.29, 0.717) is 5.69 Å². The van der Waals surface area contributed by atoms with Crippen LogP contribution in [0.1, 0.15) is 11.3 Å². The number of nitrogens with zero attached hydrogens (tertiary/aromatic N) is 4. The summed E-state index contributed by atoms with van der Waals surface area (Å²) in [6.07, 6.45) is 4.95. The fourth-order valence-corrected chi connectivity index (χ4v) is 3.01. The van der Waals surface area contributed by atoms with Crippen molar-refractivity contribution in [3.63, 3.8) is 0 Å². The molecule has 0 saturated carbocycles. The van der Waals surface area contributed by atoms with Crippen LogP contribution in [0.15, 0.2) is 30.9 Å². The second-order valence-electron chi connectivity index (χ2n) is 5.24. The van der Waals surface area contributed by atoms with Crippen LogP contribution in [0.5, 0.6) is 0 Å². The third kappa shape index (κ3) is 2.24. The Morgan fingerprint density at radius 2 is 2.17 bits per heavy atom. The topological polar surface area (TPSA) is 74.8 Å². The summed E-state index contributed by atoms with van der Waals surface area (Å²) in [7, 11) is 0. The smallest absolute Gasteiger partial charge is 0.273 e. The maximum Gasteiger partial charge on any atom is 0.273 e. The maximum absolute atomic E-state index is 13.1. The number of rotatable bonds is 2. The Hall–Kier alpha value is -2.54. The highest BCUT2D eigenvalue weighted by Gasteiger charge is 2.31. The molecular formula is C15H11ClFN5O. The molecule has 0 fully saturated rings. The second kappa shape index (κ2) is 5.27. The van der Waals surface area contributed by atoms with E-state index in [2.05, 4.69) is 19.9 Å². The first kappa shape index (κ1) is 14.1. The van der Waals surface area contributed by atoms with Gasteiger partial charge in [-0.2, -0.15) is 0 Å². The number of carbonyl (C=O) groups is 1. The maximum atomic E-state index is 13.1. The van der Waals surface area contributed by atoms with Crippen LogP contribution < -0.4 is 0 Å². The Labute approximate surface area is 135 Å². The van der Waals surface area contributed by atoms with Crippen LogP contribution in [0.2, 0.25) is 0 Å². The Morgan fingerprint density at radius 1 is 1.30 bits per heavy atom. The molecule has 1 unspecified atom stereocenters. The summed E-state index contributed by atoms with van der Waals surface area (Å²) < 4.78 is 13.1. The van der Waals surface area contributed by atoms with Crippen molar-refractivity contribution in [3.8, 4) is 11.3 Å². The molecule has 8 heteroatoms. The molecule has 0 aliphatic carbocycles. The highest BCUT2D eigenvalue weighted by atomic mass is 35.5. The van der Waals surface area contributed by atoms with E-state index >= 15 is 0 Å². The zero-order valence-electron chi connectivity index (χ0n) is 11.8. The van der Waals surface area contributed by atoms with E-state index in [-0.39, 0.29) is 13.1 Å². The molecule has 1 aliphatic rings. The van der Waals surface area contributed by atoms with Crippen molar-refractivity contribution in [2.75, 3.05) is 0 Å². The van der Waals surface area contributed by atoms with E-state index in [0.717, 1.165) is 27.9 Å². The van der Waals surface area contributed by atoms with Crippen molar-refractivity contribution >= 4 is 28.5 Å². The standard InChI is InChI=1S/C15H11ClFN5O/c16-13(17)15(23)22-5-10-11(6-22)20-7-21-12(10)8-1-3-18-14-9(8)2-4-19-14/h1-4,7,13H,5-6H2,(H,18,19). The van der Waals surface area contributed by atoms with Gasteiger partial charge in [0, 0.05) is 28.9 Å². The summed E-state index contributed by atoms with van der Waals surface area (Å²) in [5, 5.41) is 0.930. The van der Waals surface area contributed by atoms with Crippen molar-refractivity contribution in [1.29, 1.82) is 0 Å². The lowest BCUT2D eigenvalue weighted by Crippen LogP contribution is -2.30. The number of amides is 1. The van der Waals surface area contributed by atoms with Crippen LogP contribution in [0.3, 0.4) is 0 Å². The molecule has 1 aliphatic heterocycles. The first-order valence-corrected chi connectivity index (χ1v) is 7.41. The average Bonchev–Trinajstić information content (AvgIpc) is 3.19. The highest BCUT2D eigenvalue weighted by molar-refractivity contribution is 6.29. The number of aromatic amines is 1. The lowest BCUT2D eigenvalue weighted by atomic mass is 10.0. The number of hydrogen-bond acceptors (Lipinski definition) is 4. The normalized spacial score (nSPS) is 15.0. The van der Waals surface area contributed by atoms with E-state index < -0.39 is 11.5 Å². The Kier molecular flexibility index (Phi) is 3.23. The Bertz CT molecular complexity index is 910. The summed E-state index contributed by atoms with van der Waals surface area (Å²) in [6.45, 7) is 0.476. The summed E-state index contributed by atoms with van der Waals surface area (Å²) >= 11 is 5.27. The van der Waals surface area contributed by atoms with Gasteiger partial charge in [0.15, 0.2) is 0 Å². The average molecular weight is 332 g/mol. The zero-order chi connectivity index (χ0) is 16.0. The van der Waals surface area contributed by atoms with Gasteiger partial charge in [0.25, 0.3) is 11.5 Å². The summed E-state index contributed by atoms with van der Waals surface area (Å²) in [6, 6.07) is 3.78. The minimum Gasteiger partial charge on any atom is -0.346 e. The van der Waals surface area contributed by atoms with Crippen molar-refractivity contribution in [1.82, 2.24) is 24.8 Å². The molecule has 0 spiro atoms. The predicted octanol–water partition coefficient (Wildman–Crippen LogP) is 2.40. The molecule has 3 aromatic heterocycles. The molecular weight excluding hydrogens is 321 g/mol. The monoisotopic (exact) mass is 331 g/mol. The number of hydrogen-bond donors (Lipinski definition) is 1. The largest absolute Gasteiger partial charge is 0.346 e. The second-order valence-corrected chi connectivity index (χ2v) is 5.62. The molecule has 1 amide bonds. The highest BCUT2D eigenvalue weighted by Crippen LogP contribution is 2.33. The number of pyridine rings is 1. The van der Waals surface area contributed by atoms with Gasteiger partial charge in [-0.3, -0.25) is 4.79 Å². The van der Waals surface area contributed by atoms with Gasteiger partial charge in [-0.1, -0.05) is 11.6 Å². The van der Waals surface area contributed by atoms with Crippen molar-refractivity contribution in [3.05, 3.63) is 42.1 Å². The van der Waals surface area contributed by atoms with Crippen LogP contribution >= 0.6 is 11.6 Å². The lowest BCUT2D eigenvalue weighted by molar-refractivity contribution is -0.134. The van der Waals surface area contributed by atoms with Crippen LogP contribution in [0, 0.1) is 0 Å². The van der Waals surface area contributed by atoms with Gasteiger partial charge in [0.2, 0.25) is 0 Å². The van der Waals surface area contributed by atoms with E-state index in [1.54, 1.807) is 12.4 Å². The third-order valence-electron chi connectivity index (χ3n) is 3.94. The molecule has 0 radical (unpaired) electrons. The van der Waals surface area contributed by atoms with E-state index in [1.807, 2.05) is 12.1 Å². The van der Waals surface area contributed by atoms with E-state index in [4.69, 9.17) is 11.6 Å². The van der Waals surface area contributed by atoms with Crippen LogP contribution in [0.4, 0.5) is 4.39 Å². The van der Waals surface area contributed by atoms with Gasteiger partial charge in [0.1, 0.15) is 12.0 Å². The Morgan fingerprint density at radius 3 is 3.00 bits per heavy atom. The number of alkyl halides is 2. The first-order chi connectivity index (χ1) is 11.1. The minimum absolute atomic E-state index is 0.234. The molecule has 23 heavy (non-hydrogen) atoms. The first-order valence-electron chi connectivity index (χ1n) is 6.97. The van der Waals surface area contributed by atoms with Gasteiger partial charge in [-0.15, -0.1) is 0 Å². The van der Waals surface area contributed by atoms with Crippen molar-refractivity contribution < 1.29 is 9.18 Å². The van der Waals surface area contributed by atoms with Crippen LogP contribution in [-0.2, 0) is 17.9 Å². The Balaban J connectivity index is 1.81. The number of H-pyrrole nitrogens is 1. The number of fused-ring (bicyclic) bond motifs is 2. The summed E-state index contributed by atoms with van der Waals surface area (Å²) in [5.41, 5.74) is 1.85. The quantitative estimate of drug-likeness (QED) is 0.732. The van der Waals surface area contributed by atoms with Gasteiger partial charge >= 0.3 is 0 Å². The predicted molar refractivity (Wildman–Crippen MR) is 82.1 cm³/mol. The third-order valence-corrected chi connectivity index (χ3v) is 4.12. The molecule has 3 aromatic rings. The summed E-state index contributed by atoms with van der Waals surface area (Å²) in [4.78, 5) is 29.0. The summed E-state index contributed by atoms with van der Waals surface area (Å²) in [5.74, 6) is -0.753. The molecule has 1 N–H and O–H groups in total. The number of halogens is 2. The molecule has 4 rings (SSSR count). The van der Waals surface area contributed by atoms with Crippen molar-refractivity contribution in [2.24, 2.45) is 0 Å².